The summed E-state index contributed by atoms with van der Waals surface area (Å²) in [5.41, 5.74) is 0. The average molecular weight is 241 g/mol. The third-order valence-corrected chi connectivity index (χ3v) is 5.17. The molecule has 2 rings (SSSR count). The van der Waals surface area contributed by atoms with Gasteiger partial charge in [0, 0.05) is 27.6 Å². The molecule has 0 aromatic carbocycles. The molecule has 0 bridgehead atoms. The van der Waals surface area contributed by atoms with E-state index in [1.54, 1.807) is 0 Å². The number of rotatable bonds is 4. The summed E-state index contributed by atoms with van der Waals surface area (Å²) in [6, 6.07) is 5.21. The van der Waals surface area contributed by atoms with Crippen LogP contribution in [0.15, 0.2) is 12.1 Å². The van der Waals surface area contributed by atoms with Gasteiger partial charge in [0.25, 0.3) is 0 Å². The summed E-state index contributed by atoms with van der Waals surface area (Å²) in [6.07, 6.45) is 6.33. The van der Waals surface area contributed by atoms with Crippen LogP contribution in [0.1, 0.15) is 29.0 Å². The van der Waals surface area contributed by atoms with Crippen molar-refractivity contribution in [2.45, 2.75) is 44.0 Å². The summed E-state index contributed by atoms with van der Waals surface area (Å²) >= 11 is 3.93. The van der Waals surface area contributed by atoms with E-state index in [2.05, 4.69) is 30.6 Å². The van der Waals surface area contributed by atoms with E-state index in [0.717, 1.165) is 17.8 Å². The van der Waals surface area contributed by atoms with E-state index in [1.807, 2.05) is 23.1 Å². The van der Waals surface area contributed by atoms with Crippen molar-refractivity contribution in [2.24, 2.45) is 0 Å². The van der Waals surface area contributed by atoms with E-state index < -0.39 is 0 Å². The molecule has 1 nitrogen and oxygen atoms in total. The zero-order chi connectivity index (χ0) is 10.7. The monoisotopic (exact) mass is 241 g/mol. The molecule has 2 atom stereocenters. The molecule has 0 saturated heterocycles. The van der Waals surface area contributed by atoms with Crippen LogP contribution in [0.3, 0.4) is 0 Å². The van der Waals surface area contributed by atoms with Crippen LogP contribution in [0.5, 0.6) is 0 Å². The molecule has 15 heavy (non-hydrogen) atoms. The molecule has 0 amide bonds. The SMILES string of the molecule is CSC1CCC(NCc2ccc(C)s2)C1. The third-order valence-electron chi connectivity index (χ3n) is 3.08. The Hall–Kier alpha value is 0.01000. The zero-order valence-corrected chi connectivity index (χ0v) is 11.1. The predicted molar refractivity (Wildman–Crippen MR) is 70.8 cm³/mol. The number of thiophene rings is 1. The first-order valence-electron chi connectivity index (χ1n) is 5.59. The van der Waals surface area contributed by atoms with Gasteiger partial charge in [-0.2, -0.15) is 11.8 Å². The molecule has 1 fully saturated rings. The highest BCUT2D eigenvalue weighted by Gasteiger charge is 2.23. The molecule has 0 radical (unpaired) electrons. The van der Waals surface area contributed by atoms with Crippen LogP contribution in [0.4, 0.5) is 0 Å². The highest BCUT2D eigenvalue weighted by atomic mass is 32.2. The molecule has 1 N–H and O–H groups in total. The van der Waals surface area contributed by atoms with Gasteiger partial charge in [-0.1, -0.05) is 0 Å². The predicted octanol–water partition coefficient (Wildman–Crippen LogP) is 3.43. The summed E-state index contributed by atoms with van der Waals surface area (Å²) in [4.78, 5) is 2.89. The van der Waals surface area contributed by atoms with E-state index in [4.69, 9.17) is 0 Å². The van der Waals surface area contributed by atoms with E-state index in [1.165, 1.54) is 29.0 Å². The molecule has 3 heteroatoms. The van der Waals surface area contributed by atoms with Gasteiger partial charge < -0.3 is 5.32 Å². The lowest BCUT2D eigenvalue weighted by molar-refractivity contribution is 0.528. The lowest BCUT2D eigenvalue weighted by Gasteiger charge is -2.11. The smallest absolute Gasteiger partial charge is 0.0302 e. The van der Waals surface area contributed by atoms with Crippen molar-refractivity contribution in [2.75, 3.05) is 6.26 Å². The van der Waals surface area contributed by atoms with Gasteiger partial charge in [-0.05, 0) is 44.6 Å². The maximum absolute atomic E-state index is 3.67. The summed E-state index contributed by atoms with van der Waals surface area (Å²) in [5.74, 6) is 0. The topological polar surface area (TPSA) is 12.0 Å². The van der Waals surface area contributed by atoms with Crippen molar-refractivity contribution in [3.8, 4) is 0 Å². The number of aryl methyl sites for hydroxylation is 1. The van der Waals surface area contributed by atoms with Crippen molar-refractivity contribution < 1.29 is 0 Å². The fraction of sp³-hybridized carbons (Fsp3) is 0.667. The van der Waals surface area contributed by atoms with Crippen LogP contribution in [-0.2, 0) is 6.54 Å². The van der Waals surface area contributed by atoms with Gasteiger partial charge in [0.2, 0.25) is 0 Å². The van der Waals surface area contributed by atoms with Crippen LogP contribution >= 0.6 is 23.1 Å². The largest absolute Gasteiger partial charge is 0.309 e. The van der Waals surface area contributed by atoms with Crippen molar-refractivity contribution in [3.05, 3.63) is 21.9 Å². The lowest BCUT2D eigenvalue weighted by Crippen LogP contribution is -2.25. The molecular weight excluding hydrogens is 222 g/mol. The first kappa shape index (κ1) is 11.5. The average Bonchev–Trinajstić information content (AvgIpc) is 2.83. The Morgan fingerprint density at radius 3 is 2.93 bits per heavy atom. The summed E-state index contributed by atoms with van der Waals surface area (Å²) in [5, 5.41) is 4.57. The van der Waals surface area contributed by atoms with Crippen molar-refractivity contribution in [1.29, 1.82) is 0 Å². The molecular formula is C12H19NS2. The number of nitrogens with one attached hydrogen (secondary N) is 1. The highest BCUT2D eigenvalue weighted by molar-refractivity contribution is 7.99. The van der Waals surface area contributed by atoms with Gasteiger partial charge in [-0.15, -0.1) is 11.3 Å². The highest BCUT2D eigenvalue weighted by Crippen LogP contribution is 2.28. The van der Waals surface area contributed by atoms with Crippen LogP contribution in [-0.4, -0.2) is 17.5 Å². The quantitative estimate of drug-likeness (QED) is 0.867. The van der Waals surface area contributed by atoms with E-state index in [9.17, 15) is 0 Å². The minimum atomic E-state index is 0.754. The molecule has 0 aliphatic heterocycles. The molecule has 1 aliphatic rings. The molecule has 1 heterocycles. The third kappa shape index (κ3) is 3.23. The second-order valence-corrected chi connectivity index (χ2v) is 6.77. The minimum Gasteiger partial charge on any atom is -0.309 e. The first-order chi connectivity index (χ1) is 7.28. The Bertz CT molecular complexity index is 308. The number of thioether (sulfide) groups is 1. The molecule has 1 aliphatic carbocycles. The second kappa shape index (κ2) is 5.37. The normalized spacial score (nSPS) is 26.0. The molecule has 1 aromatic rings. The van der Waals surface area contributed by atoms with Crippen molar-refractivity contribution in [3.63, 3.8) is 0 Å². The van der Waals surface area contributed by atoms with Gasteiger partial charge in [0.1, 0.15) is 0 Å². The summed E-state index contributed by atoms with van der Waals surface area (Å²) in [7, 11) is 0. The maximum atomic E-state index is 3.67. The van der Waals surface area contributed by atoms with Crippen molar-refractivity contribution in [1.82, 2.24) is 5.32 Å². The van der Waals surface area contributed by atoms with Crippen LogP contribution in [0.2, 0.25) is 0 Å². The van der Waals surface area contributed by atoms with Gasteiger partial charge in [0.05, 0.1) is 0 Å². The first-order valence-corrected chi connectivity index (χ1v) is 7.70. The Morgan fingerprint density at radius 2 is 2.33 bits per heavy atom. The van der Waals surface area contributed by atoms with Crippen LogP contribution < -0.4 is 5.32 Å². The summed E-state index contributed by atoms with van der Waals surface area (Å²) in [6.45, 7) is 3.23. The minimum absolute atomic E-state index is 0.754. The van der Waals surface area contributed by atoms with Gasteiger partial charge >= 0.3 is 0 Å². The fourth-order valence-corrected chi connectivity index (χ4v) is 3.80. The molecule has 0 spiro atoms. The molecule has 1 saturated carbocycles. The molecule has 84 valence electrons. The van der Waals surface area contributed by atoms with E-state index in [0.29, 0.717) is 0 Å². The van der Waals surface area contributed by atoms with Gasteiger partial charge in [-0.25, -0.2) is 0 Å². The lowest BCUT2D eigenvalue weighted by atomic mass is 10.2. The Balaban J connectivity index is 1.75. The van der Waals surface area contributed by atoms with Crippen LogP contribution in [0.25, 0.3) is 0 Å². The standard InChI is InChI=1S/C12H19NS2/c1-9-3-5-12(15-9)8-13-10-4-6-11(7-10)14-2/h3,5,10-11,13H,4,6-8H2,1-2H3. The fourth-order valence-electron chi connectivity index (χ4n) is 2.16. The zero-order valence-electron chi connectivity index (χ0n) is 9.45. The maximum Gasteiger partial charge on any atom is 0.0302 e. The Kier molecular flexibility index (Phi) is 4.12. The van der Waals surface area contributed by atoms with Gasteiger partial charge in [-0.3, -0.25) is 0 Å². The van der Waals surface area contributed by atoms with Crippen LogP contribution in [0, 0.1) is 6.92 Å². The Morgan fingerprint density at radius 1 is 1.47 bits per heavy atom. The van der Waals surface area contributed by atoms with E-state index in [-0.39, 0.29) is 0 Å². The summed E-state index contributed by atoms with van der Waals surface area (Å²) < 4.78 is 0. The molecule has 1 aromatic heterocycles. The number of hydrogen-bond acceptors (Lipinski definition) is 3. The second-order valence-electron chi connectivity index (χ2n) is 4.26. The van der Waals surface area contributed by atoms with E-state index >= 15 is 0 Å². The number of hydrogen-bond donors (Lipinski definition) is 1. The van der Waals surface area contributed by atoms with Crippen molar-refractivity contribution >= 4 is 23.1 Å². The van der Waals surface area contributed by atoms with Gasteiger partial charge in [0.15, 0.2) is 0 Å². The Labute approximate surface area is 101 Å². The molecule has 2 unspecified atom stereocenters.